The number of anilines is 1. The van der Waals surface area contributed by atoms with Gasteiger partial charge in [0.25, 0.3) is 0 Å². The maximum Gasteiger partial charge on any atom is 0.313 e. The summed E-state index contributed by atoms with van der Waals surface area (Å²) in [5, 5.41) is 16.1. The molecule has 1 aromatic carbocycles. The van der Waals surface area contributed by atoms with Crippen LogP contribution in [0.25, 0.3) is 10.4 Å². The highest BCUT2D eigenvalue weighted by atomic mass is 32.1. The lowest BCUT2D eigenvalue weighted by atomic mass is 10.1. The number of nitrogens with one attached hydrogen (secondary N) is 2. The Morgan fingerprint density at radius 2 is 2.05 bits per heavy atom. The van der Waals surface area contributed by atoms with Crippen LogP contribution in [0.1, 0.15) is 13.3 Å². The zero-order valence-corrected chi connectivity index (χ0v) is 13.0. The number of hydrogen-bond donors (Lipinski definition) is 3. The molecule has 1 aromatic heterocycles. The molecule has 0 aliphatic rings. The Bertz CT molecular complexity index is 639. The van der Waals surface area contributed by atoms with Gasteiger partial charge in [-0.2, -0.15) is 0 Å². The van der Waals surface area contributed by atoms with Crippen molar-refractivity contribution in [1.29, 1.82) is 0 Å². The van der Waals surface area contributed by atoms with Gasteiger partial charge in [-0.1, -0.05) is 18.2 Å². The summed E-state index contributed by atoms with van der Waals surface area (Å²) < 4.78 is 0. The maximum atomic E-state index is 11.8. The van der Waals surface area contributed by atoms with Gasteiger partial charge in [0, 0.05) is 17.1 Å². The monoisotopic (exact) mass is 318 g/mol. The highest BCUT2D eigenvalue weighted by molar-refractivity contribution is 7.13. The van der Waals surface area contributed by atoms with Crippen LogP contribution in [-0.2, 0) is 9.59 Å². The van der Waals surface area contributed by atoms with Crippen molar-refractivity contribution in [3.05, 3.63) is 41.8 Å². The number of carbonyl (C=O) groups is 2. The summed E-state index contributed by atoms with van der Waals surface area (Å²) in [6.45, 7) is 1.89. The summed E-state index contributed by atoms with van der Waals surface area (Å²) in [6, 6.07) is 11.3. The largest absolute Gasteiger partial charge is 0.393 e. The molecule has 1 unspecified atom stereocenters. The zero-order valence-electron chi connectivity index (χ0n) is 12.2. The minimum atomic E-state index is -0.714. The second kappa shape index (κ2) is 7.72. The third-order valence-electron chi connectivity index (χ3n) is 2.98. The third-order valence-corrected chi connectivity index (χ3v) is 3.90. The first-order chi connectivity index (χ1) is 10.6. The van der Waals surface area contributed by atoms with Gasteiger partial charge in [-0.05, 0) is 42.5 Å². The van der Waals surface area contributed by atoms with Crippen LogP contribution in [-0.4, -0.2) is 29.6 Å². The van der Waals surface area contributed by atoms with Crippen molar-refractivity contribution in [2.75, 3.05) is 11.9 Å². The lowest BCUT2D eigenvalue weighted by molar-refractivity contribution is -0.136. The molecule has 3 N–H and O–H groups in total. The third kappa shape index (κ3) is 4.68. The van der Waals surface area contributed by atoms with Crippen molar-refractivity contribution in [3.63, 3.8) is 0 Å². The van der Waals surface area contributed by atoms with Gasteiger partial charge in [0.15, 0.2) is 0 Å². The molecule has 0 radical (unpaired) electrons. The van der Waals surface area contributed by atoms with E-state index in [1.54, 1.807) is 24.3 Å². The molecule has 0 aliphatic heterocycles. The van der Waals surface area contributed by atoms with E-state index >= 15 is 0 Å². The number of rotatable bonds is 5. The molecule has 0 saturated carbocycles. The topological polar surface area (TPSA) is 78.4 Å². The Morgan fingerprint density at radius 1 is 1.23 bits per heavy atom. The number of aliphatic hydroxyl groups is 1. The van der Waals surface area contributed by atoms with E-state index in [0.29, 0.717) is 12.1 Å². The lowest BCUT2D eigenvalue weighted by Gasteiger charge is -2.08. The van der Waals surface area contributed by atoms with E-state index in [1.165, 1.54) is 0 Å². The minimum absolute atomic E-state index is 0.263. The fraction of sp³-hybridized carbons (Fsp3) is 0.250. The van der Waals surface area contributed by atoms with E-state index in [-0.39, 0.29) is 6.54 Å². The number of hydrogen-bond acceptors (Lipinski definition) is 4. The fourth-order valence-corrected chi connectivity index (χ4v) is 2.58. The standard InChI is InChI=1S/C16H18N2O3S/c1-11(19)7-8-17-15(20)16(21)18-13-5-2-4-12(10-13)14-6-3-9-22-14/h2-6,9-11,19H,7-8H2,1H3,(H,17,20)(H,18,21). The van der Waals surface area contributed by atoms with Gasteiger partial charge in [0.05, 0.1) is 6.10 Å². The first-order valence-corrected chi connectivity index (χ1v) is 7.85. The van der Waals surface area contributed by atoms with Gasteiger partial charge in [-0.3, -0.25) is 9.59 Å². The predicted molar refractivity (Wildman–Crippen MR) is 87.7 cm³/mol. The van der Waals surface area contributed by atoms with Crippen LogP contribution in [0.4, 0.5) is 5.69 Å². The maximum absolute atomic E-state index is 11.8. The Hall–Kier alpha value is -2.18. The van der Waals surface area contributed by atoms with Crippen LogP contribution in [0.3, 0.4) is 0 Å². The molecular weight excluding hydrogens is 300 g/mol. The van der Waals surface area contributed by atoms with Gasteiger partial charge >= 0.3 is 11.8 Å². The molecule has 6 heteroatoms. The highest BCUT2D eigenvalue weighted by Gasteiger charge is 2.13. The van der Waals surface area contributed by atoms with E-state index in [9.17, 15) is 9.59 Å². The van der Waals surface area contributed by atoms with Crippen LogP contribution in [0.15, 0.2) is 41.8 Å². The molecule has 116 valence electrons. The van der Waals surface area contributed by atoms with Crippen molar-refractivity contribution in [3.8, 4) is 10.4 Å². The molecule has 0 saturated heterocycles. The molecule has 1 heterocycles. The van der Waals surface area contributed by atoms with E-state index < -0.39 is 17.9 Å². The van der Waals surface area contributed by atoms with E-state index in [4.69, 9.17) is 5.11 Å². The van der Waals surface area contributed by atoms with Crippen molar-refractivity contribution in [2.45, 2.75) is 19.4 Å². The molecule has 0 bridgehead atoms. The smallest absolute Gasteiger partial charge is 0.313 e. The summed E-state index contributed by atoms with van der Waals surface area (Å²) in [6.07, 6.45) is -0.0989. The molecule has 0 spiro atoms. The summed E-state index contributed by atoms with van der Waals surface area (Å²) >= 11 is 1.61. The average molecular weight is 318 g/mol. The number of aliphatic hydroxyl groups excluding tert-OH is 1. The van der Waals surface area contributed by atoms with E-state index in [2.05, 4.69) is 10.6 Å². The number of thiophene rings is 1. The van der Waals surface area contributed by atoms with Gasteiger partial charge in [-0.15, -0.1) is 11.3 Å². The highest BCUT2D eigenvalue weighted by Crippen LogP contribution is 2.26. The van der Waals surface area contributed by atoms with Crippen LogP contribution < -0.4 is 10.6 Å². The Labute approximate surface area is 133 Å². The molecule has 2 amide bonds. The van der Waals surface area contributed by atoms with Gasteiger partial charge in [-0.25, -0.2) is 0 Å². The number of benzene rings is 1. The second-order valence-corrected chi connectivity index (χ2v) is 5.85. The van der Waals surface area contributed by atoms with Crippen LogP contribution in [0, 0.1) is 0 Å². The molecule has 0 fully saturated rings. The summed E-state index contributed by atoms with van der Waals surface area (Å²) in [5.41, 5.74) is 1.56. The summed E-state index contributed by atoms with van der Waals surface area (Å²) in [7, 11) is 0. The second-order valence-electron chi connectivity index (χ2n) is 4.91. The Kier molecular flexibility index (Phi) is 5.68. The Morgan fingerprint density at radius 3 is 2.73 bits per heavy atom. The SMILES string of the molecule is CC(O)CCNC(=O)C(=O)Nc1cccc(-c2cccs2)c1. The number of amides is 2. The zero-order chi connectivity index (χ0) is 15.9. The minimum Gasteiger partial charge on any atom is -0.393 e. The first kappa shape index (κ1) is 16.2. The first-order valence-electron chi connectivity index (χ1n) is 6.97. The molecule has 22 heavy (non-hydrogen) atoms. The lowest BCUT2D eigenvalue weighted by Crippen LogP contribution is -2.36. The fourth-order valence-electron chi connectivity index (χ4n) is 1.86. The van der Waals surface area contributed by atoms with Gasteiger partial charge in [0.1, 0.15) is 0 Å². The molecular formula is C16H18N2O3S. The van der Waals surface area contributed by atoms with E-state index in [1.807, 2.05) is 35.7 Å². The number of carbonyl (C=O) groups excluding carboxylic acids is 2. The van der Waals surface area contributed by atoms with Crippen molar-refractivity contribution < 1.29 is 14.7 Å². The molecule has 2 rings (SSSR count). The Balaban J connectivity index is 1.94. The average Bonchev–Trinajstić information content (AvgIpc) is 3.01. The van der Waals surface area contributed by atoms with Gasteiger partial charge < -0.3 is 15.7 Å². The normalized spacial score (nSPS) is 11.7. The van der Waals surface area contributed by atoms with Gasteiger partial charge in [0.2, 0.25) is 0 Å². The van der Waals surface area contributed by atoms with Crippen LogP contribution >= 0.6 is 11.3 Å². The van der Waals surface area contributed by atoms with Crippen LogP contribution in [0.5, 0.6) is 0 Å². The van der Waals surface area contributed by atoms with Crippen molar-refractivity contribution >= 4 is 28.8 Å². The molecule has 2 aromatic rings. The van der Waals surface area contributed by atoms with Crippen molar-refractivity contribution in [2.24, 2.45) is 0 Å². The molecule has 0 aliphatic carbocycles. The predicted octanol–water partition coefficient (Wildman–Crippen LogP) is 2.24. The summed E-state index contributed by atoms with van der Waals surface area (Å²) in [5.74, 6) is -1.42. The quantitative estimate of drug-likeness (QED) is 0.740. The van der Waals surface area contributed by atoms with Crippen molar-refractivity contribution in [1.82, 2.24) is 5.32 Å². The summed E-state index contributed by atoms with van der Waals surface area (Å²) in [4.78, 5) is 24.5. The van der Waals surface area contributed by atoms with E-state index in [0.717, 1.165) is 10.4 Å². The molecule has 1 atom stereocenters. The van der Waals surface area contributed by atoms with Crippen LogP contribution in [0.2, 0.25) is 0 Å². The molecule has 5 nitrogen and oxygen atoms in total.